The molecule has 0 radical (unpaired) electrons. The summed E-state index contributed by atoms with van der Waals surface area (Å²) in [7, 11) is 0. The number of hydrazine groups is 1. The standard InChI is InChI=1S/C8H18N2/c1-3-5-6-8-10-9-7-4-2/h4,7,9-10H,3,5-6,8H2,1-2H3. The zero-order chi connectivity index (χ0) is 7.66. The summed E-state index contributed by atoms with van der Waals surface area (Å²) in [5.74, 6) is 0. The number of allylic oxidation sites excluding steroid dienone is 1. The second-order valence-electron chi connectivity index (χ2n) is 2.28. The molecule has 0 aromatic rings. The fourth-order valence-electron chi connectivity index (χ4n) is 0.678. The minimum Gasteiger partial charge on any atom is -0.329 e. The van der Waals surface area contributed by atoms with Crippen LogP contribution in [0.3, 0.4) is 0 Å². The lowest BCUT2D eigenvalue weighted by atomic mass is 10.2. The van der Waals surface area contributed by atoms with E-state index in [0.717, 1.165) is 6.54 Å². The van der Waals surface area contributed by atoms with Crippen molar-refractivity contribution in [3.05, 3.63) is 12.3 Å². The van der Waals surface area contributed by atoms with E-state index in [2.05, 4.69) is 17.8 Å². The smallest absolute Gasteiger partial charge is 0.0147 e. The molecule has 10 heavy (non-hydrogen) atoms. The van der Waals surface area contributed by atoms with Crippen molar-refractivity contribution in [2.24, 2.45) is 0 Å². The molecule has 0 aliphatic carbocycles. The molecule has 0 unspecified atom stereocenters. The number of rotatable bonds is 6. The molecule has 0 aliphatic heterocycles. The Hall–Kier alpha value is -0.500. The lowest BCUT2D eigenvalue weighted by Crippen LogP contribution is -2.27. The number of hydrogen-bond acceptors (Lipinski definition) is 2. The maximum absolute atomic E-state index is 3.08. The molecule has 0 fully saturated rings. The van der Waals surface area contributed by atoms with Gasteiger partial charge in [-0.1, -0.05) is 25.8 Å². The first-order chi connectivity index (χ1) is 4.91. The molecular weight excluding hydrogens is 124 g/mol. The van der Waals surface area contributed by atoms with E-state index in [1.165, 1.54) is 19.3 Å². The molecule has 0 aliphatic rings. The Kier molecular flexibility index (Phi) is 8.07. The zero-order valence-corrected chi connectivity index (χ0v) is 6.98. The summed E-state index contributed by atoms with van der Waals surface area (Å²) in [5, 5.41) is 0. The van der Waals surface area contributed by atoms with Crippen LogP contribution in [0.4, 0.5) is 0 Å². The zero-order valence-electron chi connectivity index (χ0n) is 6.98. The number of nitrogens with one attached hydrogen (secondary N) is 2. The topological polar surface area (TPSA) is 24.1 Å². The first kappa shape index (κ1) is 9.50. The molecule has 0 saturated heterocycles. The van der Waals surface area contributed by atoms with Crippen LogP contribution in [0.1, 0.15) is 33.1 Å². The molecule has 0 spiro atoms. The molecule has 0 bridgehead atoms. The van der Waals surface area contributed by atoms with E-state index in [1.54, 1.807) is 0 Å². The van der Waals surface area contributed by atoms with Gasteiger partial charge in [0.05, 0.1) is 0 Å². The van der Waals surface area contributed by atoms with Gasteiger partial charge in [0, 0.05) is 12.7 Å². The second kappa shape index (κ2) is 8.50. The van der Waals surface area contributed by atoms with E-state index >= 15 is 0 Å². The van der Waals surface area contributed by atoms with Crippen molar-refractivity contribution in [1.29, 1.82) is 0 Å². The molecule has 2 N–H and O–H groups in total. The Labute approximate surface area is 63.7 Å². The van der Waals surface area contributed by atoms with E-state index in [9.17, 15) is 0 Å². The molecular formula is C8H18N2. The van der Waals surface area contributed by atoms with Crippen molar-refractivity contribution in [3.63, 3.8) is 0 Å². The summed E-state index contributed by atoms with van der Waals surface area (Å²) < 4.78 is 0. The van der Waals surface area contributed by atoms with E-state index in [0.29, 0.717) is 0 Å². The van der Waals surface area contributed by atoms with Crippen LogP contribution in [0.5, 0.6) is 0 Å². The highest BCUT2D eigenvalue weighted by Crippen LogP contribution is 1.89. The quantitative estimate of drug-likeness (QED) is 0.436. The molecule has 0 atom stereocenters. The highest BCUT2D eigenvalue weighted by Gasteiger charge is 1.81. The Bertz CT molecular complexity index is 79.3. The van der Waals surface area contributed by atoms with Gasteiger partial charge < -0.3 is 5.43 Å². The third-order valence-electron chi connectivity index (χ3n) is 1.26. The lowest BCUT2D eigenvalue weighted by molar-refractivity contribution is 0.576. The minimum atomic E-state index is 1.05. The van der Waals surface area contributed by atoms with Gasteiger partial charge in [-0.05, 0) is 13.3 Å². The third kappa shape index (κ3) is 7.50. The van der Waals surface area contributed by atoms with E-state index in [4.69, 9.17) is 0 Å². The van der Waals surface area contributed by atoms with Gasteiger partial charge in [-0.3, -0.25) is 0 Å². The van der Waals surface area contributed by atoms with Crippen molar-refractivity contribution >= 4 is 0 Å². The van der Waals surface area contributed by atoms with Gasteiger partial charge in [-0.2, -0.15) is 0 Å². The maximum Gasteiger partial charge on any atom is 0.0147 e. The average molecular weight is 142 g/mol. The summed E-state index contributed by atoms with van der Waals surface area (Å²) >= 11 is 0. The van der Waals surface area contributed by atoms with Crippen molar-refractivity contribution in [3.8, 4) is 0 Å². The van der Waals surface area contributed by atoms with E-state index in [-0.39, 0.29) is 0 Å². The maximum atomic E-state index is 3.08. The van der Waals surface area contributed by atoms with Crippen molar-refractivity contribution in [2.75, 3.05) is 6.54 Å². The predicted molar refractivity (Wildman–Crippen MR) is 45.5 cm³/mol. The van der Waals surface area contributed by atoms with Crippen LogP contribution < -0.4 is 10.9 Å². The van der Waals surface area contributed by atoms with Crippen molar-refractivity contribution in [2.45, 2.75) is 33.1 Å². The fraction of sp³-hybridized carbons (Fsp3) is 0.750. The summed E-state index contributed by atoms with van der Waals surface area (Å²) in [5.41, 5.74) is 6.05. The largest absolute Gasteiger partial charge is 0.329 e. The van der Waals surface area contributed by atoms with Crippen molar-refractivity contribution in [1.82, 2.24) is 10.9 Å². The summed E-state index contributed by atoms with van der Waals surface area (Å²) in [6, 6.07) is 0. The fourth-order valence-corrected chi connectivity index (χ4v) is 0.678. The minimum absolute atomic E-state index is 1.05. The molecule has 0 rings (SSSR count). The van der Waals surface area contributed by atoms with Gasteiger partial charge in [0.15, 0.2) is 0 Å². The average Bonchev–Trinajstić information content (AvgIpc) is 1.97. The summed E-state index contributed by atoms with van der Waals surface area (Å²) in [6.07, 6.45) is 7.70. The summed E-state index contributed by atoms with van der Waals surface area (Å²) in [4.78, 5) is 0. The predicted octanol–water partition coefficient (Wildman–Crippen LogP) is 1.80. The normalized spacial score (nSPS) is 10.6. The monoisotopic (exact) mass is 142 g/mol. The van der Waals surface area contributed by atoms with Gasteiger partial charge in [-0.25, -0.2) is 5.43 Å². The number of unbranched alkanes of at least 4 members (excludes halogenated alkanes) is 2. The Morgan fingerprint density at radius 3 is 2.70 bits per heavy atom. The van der Waals surface area contributed by atoms with Gasteiger partial charge in [0.25, 0.3) is 0 Å². The van der Waals surface area contributed by atoms with E-state index in [1.807, 2.05) is 19.2 Å². The highest BCUT2D eigenvalue weighted by atomic mass is 15.3. The molecule has 2 nitrogen and oxygen atoms in total. The second-order valence-corrected chi connectivity index (χ2v) is 2.28. The molecule has 0 aromatic heterocycles. The Morgan fingerprint density at radius 2 is 2.10 bits per heavy atom. The molecule has 0 saturated carbocycles. The highest BCUT2D eigenvalue weighted by molar-refractivity contribution is 4.71. The van der Waals surface area contributed by atoms with E-state index < -0.39 is 0 Å². The van der Waals surface area contributed by atoms with Crippen LogP contribution in [0, 0.1) is 0 Å². The van der Waals surface area contributed by atoms with Crippen LogP contribution in [0.2, 0.25) is 0 Å². The van der Waals surface area contributed by atoms with Crippen LogP contribution in [0.25, 0.3) is 0 Å². The van der Waals surface area contributed by atoms with Crippen LogP contribution in [0.15, 0.2) is 12.3 Å². The van der Waals surface area contributed by atoms with Crippen molar-refractivity contribution < 1.29 is 0 Å². The summed E-state index contributed by atoms with van der Waals surface area (Å²) in [6.45, 7) is 5.25. The van der Waals surface area contributed by atoms with Gasteiger partial charge in [-0.15, -0.1) is 0 Å². The molecule has 60 valence electrons. The van der Waals surface area contributed by atoms with Gasteiger partial charge in [0.1, 0.15) is 0 Å². The van der Waals surface area contributed by atoms with Gasteiger partial charge >= 0.3 is 0 Å². The Balaban J connectivity index is 2.77. The van der Waals surface area contributed by atoms with Crippen LogP contribution >= 0.6 is 0 Å². The van der Waals surface area contributed by atoms with Crippen LogP contribution in [-0.4, -0.2) is 6.54 Å². The van der Waals surface area contributed by atoms with Gasteiger partial charge in [0.2, 0.25) is 0 Å². The first-order valence-electron chi connectivity index (χ1n) is 4.01. The lowest BCUT2D eigenvalue weighted by Gasteiger charge is -2.01. The Morgan fingerprint density at radius 1 is 1.30 bits per heavy atom. The van der Waals surface area contributed by atoms with Crippen LogP contribution in [-0.2, 0) is 0 Å². The first-order valence-corrected chi connectivity index (χ1v) is 4.01. The molecule has 0 aromatic carbocycles. The number of hydrogen-bond donors (Lipinski definition) is 2. The third-order valence-corrected chi connectivity index (χ3v) is 1.26. The molecule has 2 heteroatoms. The SMILES string of the molecule is CC=CNNCCCCC. The molecule has 0 amide bonds. The molecule has 0 heterocycles.